The van der Waals surface area contributed by atoms with Gasteiger partial charge >= 0.3 is 0 Å². The summed E-state index contributed by atoms with van der Waals surface area (Å²) in [6.45, 7) is 8.93. The highest BCUT2D eigenvalue weighted by atomic mass is 19.1. The molecular weight excluding hydrogens is 337 g/mol. The van der Waals surface area contributed by atoms with Gasteiger partial charge in [-0.25, -0.2) is 9.38 Å². The quantitative estimate of drug-likeness (QED) is 0.497. The molecule has 0 saturated carbocycles. The molecule has 2 rings (SSSR count). The summed E-state index contributed by atoms with van der Waals surface area (Å²) >= 11 is 0. The van der Waals surface area contributed by atoms with E-state index in [2.05, 4.69) is 32.8 Å². The Bertz CT molecular complexity index is 588. The van der Waals surface area contributed by atoms with E-state index in [1.807, 2.05) is 6.92 Å². The SMILES string of the molecule is CCNC(=NCC(=O)Nc1ccc(F)cc1)NCC(C)N1CCOCC1. The lowest BCUT2D eigenvalue weighted by Crippen LogP contribution is -2.49. The molecule has 26 heavy (non-hydrogen) atoms. The molecule has 1 saturated heterocycles. The summed E-state index contributed by atoms with van der Waals surface area (Å²) in [5.74, 6) is 0.00550. The van der Waals surface area contributed by atoms with Gasteiger partial charge in [-0.2, -0.15) is 0 Å². The highest BCUT2D eigenvalue weighted by molar-refractivity contribution is 5.94. The van der Waals surface area contributed by atoms with Crippen LogP contribution in [0, 0.1) is 5.82 Å². The normalized spacial score (nSPS) is 16.8. The monoisotopic (exact) mass is 365 g/mol. The number of nitrogens with one attached hydrogen (secondary N) is 3. The highest BCUT2D eigenvalue weighted by Crippen LogP contribution is 2.07. The summed E-state index contributed by atoms with van der Waals surface area (Å²) in [6.07, 6.45) is 0. The molecule has 0 spiro atoms. The fraction of sp³-hybridized carbons (Fsp3) is 0.556. The number of amides is 1. The summed E-state index contributed by atoms with van der Waals surface area (Å²) in [4.78, 5) is 18.7. The van der Waals surface area contributed by atoms with Crippen LogP contribution < -0.4 is 16.0 Å². The molecular formula is C18H28FN5O2. The standard InChI is InChI=1S/C18H28FN5O2/c1-3-20-18(21-12-14(2)24-8-10-26-11-9-24)22-13-17(25)23-16-6-4-15(19)5-7-16/h4-7,14H,3,8-13H2,1-2H3,(H,23,25)(H2,20,21,22). The van der Waals surface area contributed by atoms with E-state index < -0.39 is 0 Å². The Labute approximate surface area is 154 Å². The molecule has 7 nitrogen and oxygen atoms in total. The molecule has 144 valence electrons. The number of aliphatic imine (C=N–C) groups is 1. The second-order valence-electron chi connectivity index (χ2n) is 6.13. The van der Waals surface area contributed by atoms with Crippen molar-refractivity contribution in [3.05, 3.63) is 30.1 Å². The third kappa shape index (κ3) is 6.97. The zero-order valence-corrected chi connectivity index (χ0v) is 15.4. The van der Waals surface area contributed by atoms with Crippen LogP contribution in [0.1, 0.15) is 13.8 Å². The molecule has 1 aliphatic rings. The van der Waals surface area contributed by atoms with Crippen molar-refractivity contribution < 1.29 is 13.9 Å². The largest absolute Gasteiger partial charge is 0.379 e. The maximum atomic E-state index is 12.9. The van der Waals surface area contributed by atoms with Crippen LogP contribution in [0.4, 0.5) is 10.1 Å². The van der Waals surface area contributed by atoms with Crippen LogP contribution in [0.5, 0.6) is 0 Å². The average molecular weight is 365 g/mol. The van der Waals surface area contributed by atoms with Gasteiger partial charge in [-0.1, -0.05) is 0 Å². The molecule has 0 bridgehead atoms. The minimum Gasteiger partial charge on any atom is -0.379 e. The van der Waals surface area contributed by atoms with Crippen molar-refractivity contribution in [2.24, 2.45) is 4.99 Å². The fourth-order valence-electron chi connectivity index (χ4n) is 2.62. The molecule has 0 radical (unpaired) electrons. The van der Waals surface area contributed by atoms with Crippen LogP contribution in [0.2, 0.25) is 0 Å². The van der Waals surface area contributed by atoms with Gasteiger partial charge in [0.2, 0.25) is 5.91 Å². The number of ether oxygens (including phenoxy) is 1. The van der Waals surface area contributed by atoms with E-state index in [1.54, 1.807) is 0 Å². The van der Waals surface area contributed by atoms with Gasteiger partial charge in [0, 0.05) is 37.9 Å². The van der Waals surface area contributed by atoms with Gasteiger partial charge in [-0.05, 0) is 38.1 Å². The summed E-state index contributed by atoms with van der Waals surface area (Å²) in [5.41, 5.74) is 0.547. The molecule has 3 N–H and O–H groups in total. The van der Waals surface area contributed by atoms with Crippen molar-refractivity contribution in [1.29, 1.82) is 0 Å². The van der Waals surface area contributed by atoms with Gasteiger partial charge in [0.25, 0.3) is 0 Å². The van der Waals surface area contributed by atoms with Gasteiger partial charge < -0.3 is 20.7 Å². The van der Waals surface area contributed by atoms with Crippen LogP contribution in [0.15, 0.2) is 29.3 Å². The molecule has 1 unspecified atom stereocenters. The lowest BCUT2D eigenvalue weighted by Gasteiger charge is -2.32. The van der Waals surface area contributed by atoms with E-state index in [0.29, 0.717) is 24.2 Å². The molecule has 8 heteroatoms. The maximum absolute atomic E-state index is 12.9. The molecule has 1 aliphatic heterocycles. The molecule has 0 aromatic heterocycles. The van der Waals surface area contributed by atoms with E-state index in [0.717, 1.165) is 32.8 Å². The van der Waals surface area contributed by atoms with Crippen molar-refractivity contribution in [3.8, 4) is 0 Å². The zero-order chi connectivity index (χ0) is 18.8. The van der Waals surface area contributed by atoms with Gasteiger partial charge in [0.05, 0.1) is 13.2 Å². The molecule has 1 amide bonds. The Kier molecular flexibility index (Phi) is 8.30. The van der Waals surface area contributed by atoms with Crippen molar-refractivity contribution in [2.75, 3.05) is 51.3 Å². The first-order chi connectivity index (χ1) is 12.6. The predicted octanol–water partition coefficient (Wildman–Crippen LogP) is 1.04. The van der Waals surface area contributed by atoms with Crippen molar-refractivity contribution in [3.63, 3.8) is 0 Å². The van der Waals surface area contributed by atoms with Crippen LogP contribution >= 0.6 is 0 Å². The second-order valence-corrected chi connectivity index (χ2v) is 6.13. The third-order valence-electron chi connectivity index (χ3n) is 4.09. The lowest BCUT2D eigenvalue weighted by atomic mass is 10.2. The minimum atomic E-state index is -0.339. The summed E-state index contributed by atoms with van der Waals surface area (Å²) in [6, 6.07) is 5.99. The Hall–Kier alpha value is -2.19. The Morgan fingerprint density at radius 2 is 1.96 bits per heavy atom. The van der Waals surface area contributed by atoms with E-state index in [9.17, 15) is 9.18 Å². The molecule has 1 fully saturated rings. The molecule has 1 aromatic carbocycles. The Morgan fingerprint density at radius 1 is 1.27 bits per heavy atom. The summed E-state index contributed by atoms with van der Waals surface area (Å²) < 4.78 is 18.3. The van der Waals surface area contributed by atoms with Gasteiger partial charge in [0.1, 0.15) is 12.4 Å². The van der Waals surface area contributed by atoms with Crippen LogP contribution in [0.3, 0.4) is 0 Å². The van der Waals surface area contributed by atoms with Gasteiger partial charge in [-0.15, -0.1) is 0 Å². The lowest BCUT2D eigenvalue weighted by molar-refractivity contribution is -0.114. The number of morpholine rings is 1. The summed E-state index contributed by atoms with van der Waals surface area (Å²) in [5, 5.41) is 9.10. The van der Waals surface area contributed by atoms with Gasteiger partial charge in [-0.3, -0.25) is 9.69 Å². The molecule has 1 atom stereocenters. The molecule has 0 aliphatic carbocycles. The van der Waals surface area contributed by atoms with E-state index in [4.69, 9.17) is 4.74 Å². The number of halogens is 1. The number of hydrogen-bond acceptors (Lipinski definition) is 4. The number of nitrogens with zero attached hydrogens (tertiary/aromatic N) is 2. The topological polar surface area (TPSA) is 78.0 Å². The number of rotatable bonds is 7. The van der Waals surface area contributed by atoms with Gasteiger partial charge in [0.15, 0.2) is 5.96 Å². The second kappa shape index (κ2) is 10.7. The molecule has 1 aromatic rings. The van der Waals surface area contributed by atoms with Crippen LogP contribution in [-0.2, 0) is 9.53 Å². The first kappa shape index (κ1) is 20.1. The highest BCUT2D eigenvalue weighted by Gasteiger charge is 2.17. The predicted molar refractivity (Wildman–Crippen MR) is 101 cm³/mol. The first-order valence-corrected chi connectivity index (χ1v) is 8.98. The summed E-state index contributed by atoms with van der Waals surface area (Å²) in [7, 11) is 0. The van der Waals surface area contributed by atoms with E-state index in [-0.39, 0.29) is 18.3 Å². The number of anilines is 1. The number of hydrogen-bond donors (Lipinski definition) is 3. The number of guanidine groups is 1. The van der Waals surface area contributed by atoms with E-state index >= 15 is 0 Å². The fourth-order valence-corrected chi connectivity index (χ4v) is 2.62. The third-order valence-corrected chi connectivity index (χ3v) is 4.09. The average Bonchev–Trinajstić information content (AvgIpc) is 2.66. The number of carbonyl (C=O) groups excluding carboxylic acids is 1. The van der Waals surface area contributed by atoms with Crippen molar-refractivity contribution in [2.45, 2.75) is 19.9 Å². The van der Waals surface area contributed by atoms with Crippen LogP contribution in [-0.4, -0.2) is 68.7 Å². The Balaban J connectivity index is 1.80. The molecule has 1 heterocycles. The van der Waals surface area contributed by atoms with E-state index in [1.165, 1.54) is 24.3 Å². The smallest absolute Gasteiger partial charge is 0.246 e. The first-order valence-electron chi connectivity index (χ1n) is 8.98. The van der Waals surface area contributed by atoms with Crippen molar-refractivity contribution in [1.82, 2.24) is 15.5 Å². The van der Waals surface area contributed by atoms with Crippen LogP contribution in [0.25, 0.3) is 0 Å². The zero-order valence-electron chi connectivity index (χ0n) is 15.4. The maximum Gasteiger partial charge on any atom is 0.246 e. The Morgan fingerprint density at radius 3 is 2.62 bits per heavy atom. The number of benzene rings is 1. The minimum absolute atomic E-state index is 0.0152. The van der Waals surface area contributed by atoms with Crippen molar-refractivity contribution >= 4 is 17.6 Å². The number of carbonyl (C=O) groups is 1.